The summed E-state index contributed by atoms with van der Waals surface area (Å²) in [6.45, 7) is -0.938. The highest BCUT2D eigenvalue weighted by Crippen LogP contribution is 2.29. The van der Waals surface area contributed by atoms with Crippen LogP contribution in [0.2, 0.25) is 0 Å². The zero-order chi connectivity index (χ0) is 18.8. The number of rotatable bonds is 5. The summed E-state index contributed by atoms with van der Waals surface area (Å²) in [5.41, 5.74) is 5.97. The van der Waals surface area contributed by atoms with Crippen LogP contribution < -0.4 is 5.73 Å². The van der Waals surface area contributed by atoms with Crippen molar-refractivity contribution in [1.82, 2.24) is 9.21 Å². The van der Waals surface area contributed by atoms with Crippen LogP contribution in [-0.4, -0.2) is 67.7 Å². The maximum atomic E-state index is 12.7. The molecule has 0 radical (unpaired) electrons. The third-order valence-corrected chi connectivity index (χ3v) is 6.42. The second-order valence-electron chi connectivity index (χ2n) is 7.09. The normalized spacial score (nSPS) is 25.4. The number of nitrogens with zero attached hydrogens (tertiary/aromatic N) is 2. The van der Waals surface area contributed by atoms with Crippen molar-refractivity contribution in [1.29, 1.82) is 0 Å². The van der Waals surface area contributed by atoms with Crippen molar-refractivity contribution in [3.63, 3.8) is 0 Å². The maximum absolute atomic E-state index is 12.7. The molecule has 0 aromatic carbocycles. The van der Waals surface area contributed by atoms with Crippen LogP contribution in [0.3, 0.4) is 0 Å². The molecule has 1 amide bonds. The number of amides is 1. The first kappa shape index (κ1) is 23.5. The van der Waals surface area contributed by atoms with E-state index in [0.717, 1.165) is 25.5 Å². The minimum absolute atomic E-state index is 0. The van der Waals surface area contributed by atoms with Gasteiger partial charge in [-0.3, -0.25) is 4.79 Å². The molecule has 0 bridgehead atoms. The van der Waals surface area contributed by atoms with E-state index >= 15 is 0 Å². The molecular weight excluding hydrogens is 395 g/mol. The summed E-state index contributed by atoms with van der Waals surface area (Å²) in [4.78, 5) is 14.0. The number of alkyl halides is 3. The zero-order valence-electron chi connectivity index (χ0n) is 14.7. The molecule has 2 atom stereocenters. The van der Waals surface area contributed by atoms with Crippen LogP contribution in [0.4, 0.5) is 13.2 Å². The number of hydrogen-bond donors (Lipinski definition) is 1. The lowest BCUT2D eigenvalue weighted by Gasteiger charge is -2.38. The van der Waals surface area contributed by atoms with Crippen molar-refractivity contribution in [2.24, 2.45) is 11.7 Å². The summed E-state index contributed by atoms with van der Waals surface area (Å²) in [6.07, 6.45) is -0.146. The fourth-order valence-corrected chi connectivity index (χ4v) is 4.90. The Balaban J connectivity index is 0.00000338. The summed E-state index contributed by atoms with van der Waals surface area (Å²) in [6, 6.07) is -0.691. The van der Waals surface area contributed by atoms with E-state index in [9.17, 15) is 26.4 Å². The van der Waals surface area contributed by atoms with Crippen molar-refractivity contribution in [2.75, 3.05) is 25.9 Å². The molecule has 1 aliphatic carbocycles. The maximum Gasteiger partial charge on any atom is 0.402 e. The number of halogens is 4. The van der Waals surface area contributed by atoms with Gasteiger partial charge in [0.15, 0.2) is 0 Å². The Kier molecular flexibility index (Phi) is 8.19. The van der Waals surface area contributed by atoms with E-state index in [1.807, 2.05) is 0 Å². The van der Waals surface area contributed by atoms with Crippen LogP contribution in [0, 0.1) is 5.92 Å². The lowest BCUT2D eigenvalue weighted by Crippen LogP contribution is -2.51. The zero-order valence-corrected chi connectivity index (χ0v) is 16.4. The van der Waals surface area contributed by atoms with Gasteiger partial charge in [-0.1, -0.05) is 6.42 Å². The Hall–Kier alpha value is -0.580. The van der Waals surface area contributed by atoms with Crippen LogP contribution in [0.1, 0.15) is 38.5 Å². The number of carbonyl (C=O) groups is 1. The third kappa shape index (κ3) is 6.54. The minimum Gasteiger partial charge on any atom is -0.343 e. The summed E-state index contributed by atoms with van der Waals surface area (Å²) < 4.78 is 62.0. The van der Waals surface area contributed by atoms with Gasteiger partial charge in [0.2, 0.25) is 15.9 Å². The molecule has 1 saturated heterocycles. The van der Waals surface area contributed by atoms with Gasteiger partial charge >= 0.3 is 6.18 Å². The average molecular weight is 422 g/mol. The van der Waals surface area contributed by atoms with Gasteiger partial charge in [-0.05, 0) is 31.6 Å². The van der Waals surface area contributed by atoms with Crippen LogP contribution in [0.15, 0.2) is 0 Å². The van der Waals surface area contributed by atoms with Gasteiger partial charge in [0.25, 0.3) is 0 Å². The molecule has 1 heterocycles. The lowest BCUT2D eigenvalue weighted by molar-refractivity contribution is -0.143. The van der Waals surface area contributed by atoms with Gasteiger partial charge in [-0.15, -0.1) is 12.4 Å². The summed E-state index contributed by atoms with van der Waals surface area (Å²) in [5, 5.41) is 0. The molecule has 11 heteroatoms. The predicted molar refractivity (Wildman–Crippen MR) is 94.4 cm³/mol. The van der Waals surface area contributed by atoms with Crippen molar-refractivity contribution < 1.29 is 26.4 Å². The fraction of sp³-hybridized carbons (Fsp3) is 0.933. The van der Waals surface area contributed by atoms with E-state index < -0.39 is 28.8 Å². The van der Waals surface area contributed by atoms with Crippen LogP contribution in [0.5, 0.6) is 0 Å². The number of nitrogens with two attached hydrogens (primary N) is 1. The van der Waals surface area contributed by atoms with Crippen molar-refractivity contribution >= 4 is 28.3 Å². The van der Waals surface area contributed by atoms with Crippen molar-refractivity contribution in [2.45, 2.75) is 56.8 Å². The first-order valence-electron chi connectivity index (χ1n) is 8.54. The highest BCUT2D eigenvalue weighted by atomic mass is 35.5. The Morgan fingerprint density at radius 2 is 1.77 bits per heavy atom. The number of sulfonamides is 1. The molecule has 2 rings (SSSR count). The van der Waals surface area contributed by atoms with Gasteiger partial charge in [0, 0.05) is 31.6 Å². The van der Waals surface area contributed by atoms with E-state index in [-0.39, 0.29) is 56.2 Å². The van der Waals surface area contributed by atoms with Gasteiger partial charge in [0.05, 0.1) is 6.26 Å². The Morgan fingerprint density at radius 3 is 2.19 bits per heavy atom. The smallest absolute Gasteiger partial charge is 0.343 e. The minimum atomic E-state index is -4.59. The monoisotopic (exact) mass is 421 g/mol. The topological polar surface area (TPSA) is 83.7 Å². The first-order chi connectivity index (χ1) is 11.5. The van der Waals surface area contributed by atoms with E-state index in [2.05, 4.69) is 0 Å². The highest BCUT2D eigenvalue weighted by Gasteiger charge is 2.40. The number of hydrogen-bond acceptors (Lipinski definition) is 4. The molecule has 26 heavy (non-hydrogen) atoms. The molecule has 0 unspecified atom stereocenters. The number of piperidine rings is 1. The third-order valence-electron chi connectivity index (χ3n) is 5.14. The van der Waals surface area contributed by atoms with Gasteiger partial charge in [-0.25, -0.2) is 8.42 Å². The molecule has 0 spiro atoms. The molecule has 0 aromatic heterocycles. The summed E-state index contributed by atoms with van der Waals surface area (Å²) in [5.74, 6) is 0.130. The Morgan fingerprint density at radius 1 is 1.19 bits per heavy atom. The SMILES string of the molecule is CS(=O)(=O)N(CC(F)(F)F)C1CCN(C(=O)C[C@@H]2CCC[C@H]2N)CC1.Cl. The van der Waals surface area contributed by atoms with Gasteiger partial charge < -0.3 is 10.6 Å². The fourth-order valence-electron chi connectivity index (χ4n) is 3.77. The average Bonchev–Trinajstić information content (AvgIpc) is 2.88. The summed E-state index contributed by atoms with van der Waals surface area (Å²) >= 11 is 0. The second-order valence-corrected chi connectivity index (χ2v) is 9.03. The number of carbonyl (C=O) groups excluding carboxylic acids is 1. The molecule has 2 fully saturated rings. The van der Waals surface area contributed by atoms with Crippen molar-refractivity contribution in [3.8, 4) is 0 Å². The predicted octanol–water partition coefficient (Wildman–Crippen LogP) is 1.74. The molecular formula is C15H27ClF3N3O3S. The lowest BCUT2D eigenvalue weighted by atomic mass is 9.98. The van der Waals surface area contributed by atoms with Crippen LogP contribution in [-0.2, 0) is 14.8 Å². The molecule has 6 nitrogen and oxygen atoms in total. The van der Waals surface area contributed by atoms with Crippen LogP contribution in [0.25, 0.3) is 0 Å². The molecule has 2 aliphatic rings. The van der Waals surface area contributed by atoms with Crippen LogP contribution >= 0.6 is 12.4 Å². The summed E-state index contributed by atoms with van der Waals surface area (Å²) in [7, 11) is -3.97. The molecule has 154 valence electrons. The first-order valence-corrected chi connectivity index (χ1v) is 10.4. The molecule has 1 saturated carbocycles. The highest BCUT2D eigenvalue weighted by molar-refractivity contribution is 7.88. The van der Waals surface area contributed by atoms with Crippen molar-refractivity contribution in [3.05, 3.63) is 0 Å². The van der Waals surface area contributed by atoms with E-state index in [0.29, 0.717) is 10.7 Å². The second kappa shape index (κ2) is 9.07. The van der Waals surface area contributed by atoms with E-state index in [4.69, 9.17) is 5.73 Å². The van der Waals surface area contributed by atoms with Gasteiger partial charge in [0.1, 0.15) is 6.54 Å². The van der Waals surface area contributed by atoms with Gasteiger partial charge in [-0.2, -0.15) is 17.5 Å². The number of likely N-dealkylation sites (tertiary alicyclic amines) is 1. The molecule has 1 aliphatic heterocycles. The molecule has 2 N–H and O–H groups in total. The largest absolute Gasteiger partial charge is 0.402 e. The van der Waals surface area contributed by atoms with E-state index in [1.54, 1.807) is 4.90 Å². The Bertz CT molecular complexity index is 580. The molecule has 0 aromatic rings. The quantitative estimate of drug-likeness (QED) is 0.732. The van der Waals surface area contributed by atoms with E-state index in [1.165, 1.54) is 0 Å². The standard InChI is InChI=1S/C15H26F3N3O3S.ClH/c1-25(23,24)21(10-15(16,17)18)12-5-7-20(8-6-12)14(22)9-11-3-2-4-13(11)19;/h11-13H,2-10,19H2,1H3;1H/t11-,13+;/m0./s1. The Labute approximate surface area is 158 Å².